The number of amides is 1. The van der Waals surface area contributed by atoms with Crippen LogP contribution in [0.5, 0.6) is 0 Å². The third-order valence-electron chi connectivity index (χ3n) is 3.56. The maximum atomic E-state index is 12.0. The lowest BCUT2D eigenvalue weighted by atomic mass is 10.1. The fourth-order valence-electron chi connectivity index (χ4n) is 2.52. The second-order valence-corrected chi connectivity index (χ2v) is 5.10. The van der Waals surface area contributed by atoms with Gasteiger partial charge in [-0.3, -0.25) is 9.69 Å². The molecule has 0 aromatic heterocycles. The van der Waals surface area contributed by atoms with E-state index >= 15 is 0 Å². The van der Waals surface area contributed by atoms with E-state index in [0.29, 0.717) is 0 Å². The number of carbonyl (C=O) groups excluding carboxylic acids is 1. The Morgan fingerprint density at radius 1 is 0.636 bits per heavy atom. The van der Waals surface area contributed by atoms with Crippen LogP contribution in [-0.2, 0) is 4.79 Å². The van der Waals surface area contributed by atoms with E-state index in [0.717, 1.165) is 16.9 Å². The van der Waals surface area contributed by atoms with E-state index in [-0.39, 0.29) is 5.91 Å². The minimum atomic E-state index is -0.00124. The number of nitrogens with zero attached hydrogens (tertiary/aromatic N) is 1. The van der Waals surface area contributed by atoms with Crippen molar-refractivity contribution in [3.63, 3.8) is 0 Å². The first-order valence-corrected chi connectivity index (χ1v) is 7.27. The van der Waals surface area contributed by atoms with Crippen LogP contribution in [0.3, 0.4) is 0 Å². The zero-order chi connectivity index (χ0) is 15.4. The summed E-state index contributed by atoms with van der Waals surface area (Å²) in [6.45, 7) is 1.58. The summed E-state index contributed by atoms with van der Waals surface area (Å²) in [4.78, 5) is 13.7. The number of benzene rings is 3. The predicted molar refractivity (Wildman–Crippen MR) is 91.1 cm³/mol. The van der Waals surface area contributed by atoms with Gasteiger partial charge in [0.05, 0.1) is 0 Å². The Bertz CT molecular complexity index is 749. The fraction of sp³-hybridized carbons (Fsp3) is 0.0500. The van der Waals surface area contributed by atoms with E-state index in [1.54, 1.807) is 11.8 Å². The molecular formula is C20H17NO. The van der Waals surface area contributed by atoms with Crippen molar-refractivity contribution in [1.29, 1.82) is 0 Å². The number of hydrogen-bond acceptors (Lipinski definition) is 1. The Kier molecular flexibility index (Phi) is 4.01. The monoisotopic (exact) mass is 287 g/mol. The lowest BCUT2D eigenvalue weighted by Gasteiger charge is -2.21. The Labute approximate surface area is 130 Å². The molecule has 0 saturated carbocycles. The van der Waals surface area contributed by atoms with Crippen molar-refractivity contribution >= 4 is 17.3 Å². The number of para-hydroxylation sites is 1. The molecule has 3 aromatic carbocycles. The highest BCUT2D eigenvalue weighted by Gasteiger charge is 2.13. The molecule has 0 N–H and O–H groups in total. The second kappa shape index (κ2) is 6.27. The first kappa shape index (κ1) is 14.1. The molecule has 2 nitrogen and oxygen atoms in total. The molecule has 0 radical (unpaired) electrons. The van der Waals surface area contributed by atoms with Gasteiger partial charge in [-0.2, -0.15) is 0 Å². The topological polar surface area (TPSA) is 20.3 Å². The summed E-state index contributed by atoms with van der Waals surface area (Å²) >= 11 is 0. The van der Waals surface area contributed by atoms with Crippen LogP contribution in [0.25, 0.3) is 11.1 Å². The summed E-state index contributed by atoms with van der Waals surface area (Å²) in [5.74, 6) is -0.00124. The van der Waals surface area contributed by atoms with Crippen molar-refractivity contribution < 1.29 is 4.79 Å². The van der Waals surface area contributed by atoms with Crippen molar-refractivity contribution in [2.24, 2.45) is 0 Å². The smallest absolute Gasteiger partial charge is 0.228 e. The van der Waals surface area contributed by atoms with Crippen molar-refractivity contribution in [3.8, 4) is 11.1 Å². The van der Waals surface area contributed by atoms with E-state index < -0.39 is 0 Å². The molecule has 0 saturated heterocycles. The number of rotatable bonds is 3. The third-order valence-corrected chi connectivity index (χ3v) is 3.56. The summed E-state index contributed by atoms with van der Waals surface area (Å²) in [6.07, 6.45) is 0. The summed E-state index contributed by atoms with van der Waals surface area (Å²) in [6, 6.07) is 28.0. The number of hydrogen-bond donors (Lipinski definition) is 0. The van der Waals surface area contributed by atoms with Crippen LogP contribution >= 0.6 is 0 Å². The number of carbonyl (C=O) groups is 1. The van der Waals surface area contributed by atoms with E-state index in [4.69, 9.17) is 0 Å². The van der Waals surface area contributed by atoms with Gasteiger partial charge in [0.15, 0.2) is 0 Å². The molecule has 2 heteroatoms. The average Bonchev–Trinajstić information content (AvgIpc) is 2.57. The fourth-order valence-corrected chi connectivity index (χ4v) is 2.52. The minimum absolute atomic E-state index is 0.00124. The molecule has 0 unspecified atom stereocenters. The third kappa shape index (κ3) is 2.91. The largest absolute Gasteiger partial charge is 0.281 e. The van der Waals surface area contributed by atoms with E-state index in [9.17, 15) is 4.79 Å². The van der Waals surface area contributed by atoms with Gasteiger partial charge in [0.25, 0.3) is 0 Å². The van der Waals surface area contributed by atoms with Crippen molar-refractivity contribution in [2.75, 3.05) is 4.90 Å². The highest BCUT2D eigenvalue weighted by Crippen LogP contribution is 2.28. The zero-order valence-electron chi connectivity index (χ0n) is 12.4. The van der Waals surface area contributed by atoms with Gasteiger partial charge in [0.1, 0.15) is 0 Å². The van der Waals surface area contributed by atoms with E-state index in [1.165, 1.54) is 5.56 Å². The van der Waals surface area contributed by atoms with Crippen LogP contribution < -0.4 is 4.90 Å². The van der Waals surface area contributed by atoms with Gasteiger partial charge < -0.3 is 0 Å². The van der Waals surface area contributed by atoms with Gasteiger partial charge in [0, 0.05) is 18.3 Å². The van der Waals surface area contributed by atoms with Crippen LogP contribution in [0.15, 0.2) is 84.9 Å². The molecule has 22 heavy (non-hydrogen) atoms. The Morgan fingerprint density at radius 2 is 1.09 bits per heavy atom. The maximum absolute atomic E-state index is 12.0. The summed E-state index contributed by atoms with van der Waals surface area (Å²) < 4.78 is 0. The van der Waals surface area contributed by atoms with Crippen molar-refractivity contribution in [2.45, 2.75) is 6.92 Å². The van der Waals surface area contributed by atoms with Crippen molar-refractivity contribution in [1.82, 2.24) is 0 Å². The molecule has 0 bridgehead atoms. The molecular weight excluding hydrogens is 270 g/mol. The molecule has 3 aromatic rings. The van der Waals surface area contributed by atoms with Crippen LogP contribution in [-0.4, -0.2) is 5.91 Å². The van der Waals surface area contributed by atoms with E-state index in [1.807, 2.05) is 72.8 Å². The van der Waals surface area contributed by atoms with Crippen molar-refractivity contribution in [3.05, 3.63) is 84.9 Å². The molecule has 0 atom stereocenters. The molecule has 0 fully saturated rings. The SMILES string of the molecule is CC(=O)N(c1ccccc1)c1ccc(-c2ccccc2)cc1. The first-order valence-electron chi connectivity index (χ1n) is 7.27. The Hall–Kier alpha value is -2.87. The molecule has 0 aliphatic carbocycles. The van der Waals surface area contributed by atoms with Gasteiger partial charge in [-0.25, -0.2) is 0 Å². The Morgan fingerprint density at radius 3 is 1.64 bits per heavy atom. The van der Waals surface area contributed by atoms with Gasteiger partial charge in [-0.15, -0.1) is 0 Å². The van der Waals surface area contributed by atoms with Gasteiger partial charge in [-0.1, -0.05) is 60.7 Å². The standard InChI is InChI=1S/C20H17NO/c1-16(22)21(19-10-6-3-7-11-19)20-14-12-18(13-15-20)17-8-4-2-5-9-17/h2-15H,1H3. The molecule has 0 spiro atoms. The van der Waals surface area contributed by atoms with Crippen LogP contribution in [0.1, 0.15) is 6.92 Å². The minimum Gasteiger partial charge on any atom is -0.281 e. The van der Waals surface area contributed by atoms with E-state index in [2.05, 4.69) is 12.1 Å². The highest BCUT2D eigenvalue weighted by molar-refractivity contribution is 5.99. The molecule has 0 heterocycles. The van der Waals surface area contributed by atoms with Gasteiger partial charge in [-0.05, 0) is 35.4 Å². The average molecular weight is 287 g/mol. The zero-order valence-corrected chi connectivity index (χ0v) is 12.4. The predicted octanol–water partition coefficient (Wildman–Crippen LogP) is 5.04. The summed E-state index contributed by atoms with van der Waals surface area (Å²) in [5.41, 5.74) is 4.06. The van der Waals surface area contributed by atoms with Crippen LogP contribution in [0, 0.1) is 0 Å². The van der Waals surface area contributed by atoms with Crippen LogP contribution in [0.4, 0.5) is 11.4 Å². The highest BCUT2D eigenvalue weighted by atomic mass is 16.2. The van der Waals surface area contributed by atoms with Gasteiger partial charge >= 0.3 is 0 Å². The summed E-state index contributed by atoms with van der Waals surface area (Å²) in [7, 11) is 0. The lowest BCUT2D eigenvalue weighted by Crippen LogP contribution is -2.22. The quantitative estimate of drug-likeness (QED) is 0.661. The molecule has 1 amide bonds. The molecule has 3 rings (SSSR count). The molecule has 108 valence electrons. The molecule has 0 aliphatic heterocycles. The maximum Gasteiger partial charge on any atom is 0.228 e. The lowest BCUT2D eigenvalue weighted by molar-refractivity contribution is -0.115. The van der Waals surface area contributed by atoms with Crippen LogP contribution in [0.2, 0.25) is 0 Å². The van der Waals surface area contributed by atoms with Gasteiger partial charge in [0.2, 0.25) is 5.91 Å². The normalized spacial score (nSPS) is 10.2. The number of anilines is 2. The Balaban J connectivity index is 1.95. The summed E-state index contributed by atoms with van der Waals surface area (Å²) in [5, 5.41) is 0. The second-order valence-electron chi connectivity index (χ2n) is 5.10. The first-order chi connectivity index (χ1) is 10.8. The molecule has 0 aliphatic rings.